The summed E-state index contributed by atoms with van der Waals surface area (Å²) in [5, 5.41) is 7.56. The van der Waals surface area contributed by atoms with Crippen LogP contribution in [-0.4, -0.2) is 53.4 Å². The molecule has 2 aliphatic rings. The molecule has 0 spiro atoms. The molecule has 1 aromatic heterocycles. The van der Waals surface area contributed by atoms with Crippen LogP contribution in [0, 0.1) is 5.92 Å². The van der Waals surface area contributed by atoms with Crippen LogP contribution in [0.25, 0.3) is 0 Å². The predicted molar refractivity (Wildman–Crippen MR) is 97.1 cm³/mol. The Morgan fingerprint density at radius 2 is 2.08 bits per heavy atom. The number of nitrogens with zero attached hydrogens (tertiary/aromatic N) is 3. The van der Waals surface area contributed by atoms with Gasteiger partial charge in [0.1, 0.15) is 5.60 Å². The molecule has 2 atom stereocenters. The summed E-state index contributed by atoms with van der Waals surface area (Å²) in [6, 6.07) is 2.39. The van der Waals surface area contributed by atoms with Gasteiger partial charge in [-0.3, -0.25) is 14.4 Å². The number of amides is 1. The SMILES string of the molecule is COC1(C(=O)NC[C@@H]2CCCN(C)[C@H]2c2ccnn2C)CCCCC1. The van der Waals surface area contributed by atoms with E-state index in [1.54, 1.807) is 7.11 Å². The summed E-state index contributed by atoms with van der Waals surface area (Å²) >= 11 is 0. The zero-order chi connectivity index (χ0) is 17.9. The van der Waals surface area contributed by atoms with E-state index in [0.29, 0.717) is 18.5 Å². The van der Waals surface area contributed by atoms with Gasteiger partial charge in [0.2, 0.25) is 0 Å². The molecule has 0 radical (unpaired) electrons. The molecule has 1 N–H and O–H groups in total. The van der Waals surface area contributed by atoms with Crippen LogP contribution in [-0.2, 0) is 16.6 Å². The summed E-state index contributed by atoms with van der Waals surface area (Å²) in [6.45, 7) is 1.78. The van der Waals surface area contributed by atoms with Gasteiger partial charge in [0, 0.05) is 26.9 Å². The van der Waals surface area contributed by atoms with Gasteiger partial charge in [0.15, 0.2) is 0 Å². The lowest BCUT2D eigenvalue weighted by molar-refractivity contribution is -0.147. The van der Waals surface area contributed by atoms with Crippen LogP contribution in [0.5, 0.6) is 0 Å². The monoisotopic (exact) mass is 348 g/mol. The highest BCUT2D eigenvalue weighted by atomic mass is 16.5. The van der Waals surface area contributed by atoms with Gasteiger partial charge in [-0.1, -0.05) is 19.3 Å². The van der Waals surface area contributed by atoms with Crippen molar-refractivity contribution in [2.24, 2.45) is 13.0 Å². The Kier molecular flexibility index (Phi) is 5.79. The minimum Gasteiger partial charge on any atom is -0.368 e. The second-order valence-corrected chi connectivity index (χ2v) is 7.68. The van der Waals surface area contributed by atoms with Crippen LogP contribution >= 0.6 is 0 Å². The van der Waals surface area contributed by atoms with Crippen molar-refractivity contribution in [1.29, 1.82) is 0 Å². The number of rotatable bonds is 5. The topological polar surface area (TPSA) is 59.4 Å². The second-order valence-electron chi connectivity index (χ2n) is 7.68. The van der Waals surface area contributed by atoms with Crippen LogP contribution in [0.1, 0.15) is 56.7 Å². The molecule has 1 aliphatic heterocycles. The van der Waals surface area contributed by atoms with E-state index in [9.17, 15) is 4.79 Å². The van der Waals surface area contributed by atoms with Crippen LogP contribution in [0.4, 0.5) is 0 Å². The summed E-state index contributed by atoms with van der Waals surface area (Å²) in [5.74, 6) is 0.474. The first-order valence-corrected chi connectivity index (χ1v) is 9.59. The Morgan fingerprint density at radius 3 is 2.72 bits per heavy atom. The number of hydrogen-bond acceptors (Lipinski definition) is 4. The van der Waals surface area contributed by atoms with Crippen molar-refractivity contribution in [1.82, 2.24) is 20.0 Å². The standard InChI is InChI=1S/C19H32N4O2/c1-22-13-7-8-15(17(22)16-9-12-21-23(16)2)14-20-18(24)19(25-3)10-5-4-6-11-19/h9,12,15,17H,4-8,10-11,13-14H2,1-3H3,(H,20,24)/t15-,17+/m0/s1. The Labute approximate surface area is 150 Å². The minimum atomic E-state index is -0.610. The van der Waals surface area contributed by atoms with Gasteiger partial charge in [0.25, 0.3) is 5.91 Å². The molecule has 1 aromatic rings. The molecule has 25 heavy (non-hydrogen) atoms. The Morgan fingerprint density at radius 1 is 1.32 bits per heavy atom. The van der Waals surface area contributed by atoms with E-state index in [-0.39, 0.29) is 5.91 Å². The number of likely N-dealkylation sites (tertiary alicyclic amines) is 1. The molecule has 1 saturated carbocycles. The van der Waals surface area contributed by atoms with E-state index in [2.05, 4.69) is 28.4 Å². The first-order chi connectivity index (χ1) is 12.1. The molecule has 0 unspecified atom stereocenters. The molecular formula is C19H32N4O2. The summed E-state index contributed by atoms with van der Waals surface area (Å²) in [7, 11) is 5.84. The predicted octanol–water partition coefficient (Wildman–Crippen LogP) is 2.27. The summed E-state index contributed by atoms with van der Waals surface area (Å²) in [6.07, 6.45) is 9.18. The largest absolute Gasteiger partial charge is 0.368 e. The fraction of sp³-hybridized carbons (Fsp3) is 0.789. The first-order valence-electron chi connectivity index (χ1n) is 9.59. The highest BCUT2D eigenvalue weighted by Crippen LogP contribution is 2.35. The number of nitrogens with one attached hydrogen (secondary N) is 1. The summed E-state index contributed by atoms with van der Waals surface area (Å²) < 4.78 is 7.64. The summed E-state index contributed by atoms with van der Waals surface area (Å²) in [5.41, 5.74) is 0.612. The molecule has 2 fully saturated rings. The zero-order valence-corrected chi connectivity index (χ0v) is 15.8. The van der Waals surface area contributed by atoms with Crippen molar-refractivity contribution in [3.05, 3.63) is 18.0 Å². The Bertz CT molecular complexity index is 580. The van der Waals surface area contributed by atoms with Crippen molar-refractivity contribution >= 4 is 5.91 Å². The minimum absolute atomic E-state index is 0.0756. The fourth-order valence-corrected chi connectivity index (χ4v) is 4.65. The van der Waals surface area contributed by atoms with E-state index in [1.165, 1.54) is 18.5 Å². The molecule has 6 heteroatoms. The number of carbonyl (C=O) groups excluding carboxylic acids is 1. The number of aromatic nitrogens is 2. The lowest BCUT2D eigenvalue weighted by atomic mass is 9.83. The maximum absolute atomic E-state index is 12.9. The average Bonchev–Trinajstić information content (AvgIpc) is 3.05. The smallest absolute Gasteiger partial charge is 0.252 e. The highest BCUT2D eigenvalue weighted by molar-refractivity contribution is 5.85. The number of ether oxygens (including phenoxy) is 1. The highest BCUT2D eigenvalue weighted by Gasteiger charge is 2.40. The van der Waals surface area contributed by atoms with Crippen molar-refractivity contribution in [3.8, 4) is 0 Å². The number of methoxy groups -OCH3 is 1. The molecular weight excluding hydrogens is 316 g/mol. The number of piperidine rings is 1. The van der Waals surface area contributed by atoms with Crippen molar-refractivity contribution in [2.75, 3.05) is 27.2 Å². The lowest BCUT2D eigenvalue weighted by Crippen LogP contribution is -2.51. The molecule has 1 saturated heterocycles. The van der Waals surface area contributed by atoms with E-state index < -0.39 is 5.60 Å². The van der Waals surface area contributed by atoms with Crippen molar-refractivity contribution in [2.45, 2.75) is 56.6 Å². The van der Waals surface area contributed by atoms with Crippen molar-refractivity contribution in [3.63, 3.8) is 0 Å². The normalized spacial score (nSPS) is 27.2. The van der Waals surface area contributed by atoms with E-state index in [4.69, 9.17) is 4.74 Å². The van der Waals surface area contributed by atoms with E-state index >= 15 is 0 Å². The number of carbonyl (C=O) groups is 1. The van der Waals surface area contributed by atoms with E-state index in [1.807, 2.05) is 17.9 Å². The number of hydrogen-bond donors (Lipinski definition) is 1. The van der Waals surface area contributed by atoms with E-state index in [0.717, 1.165) is 38.6 Å². The van der Waals surface area contributed by atoms with Gasteiger partial charge in [-0.05, 0) is 51.3 Å². The molecule has 6 nitrogen and oxygen atoms in total. The second kappa shape index (κ2) is 7.87. The van der Waals surface area contributed by atoms with Crippen LogP contribution in [0.3, 0.4) is 0 Å². The van der Waals surface area contributed by atoms with Crippen LogP contribution in [0.2, 0.25) is 0 Å². The maximum atomic E-state index is 12.9. The van der Waals surface area contributed by atoms with Gasteiger partial charge in [0.05, 0.1) is 11.7 Å². The molecule has 1 aliphatic carbocycles. The third-order valence-electron chi connectivity index (χ3n) is 6.16. The fourth-order valence-electron chi connectivity index (χ4n) is 4.65. The lowest BCUT2D eigenvalue weighted by Gasteiger charge is -2.40. The molecule has 2 heterocycles. The third-order valence-corrected chi connectivity index (χ3v) is 6.16. The first kappa shape index (κ1) is 18.4. The van der Waals surface area contributed by atoms with Gasteiger partial charge >= 0.3 is 0 Å². The average molecular weight is 348 g/mol. The molecule has 140 valence electrons. The Hall–Kier alpha value is -1.40. The quantitative estimate of drug-likeness (QED) is 0.887. The van der Waals surface area contributed by atoms with Gasteiger partial charge in [-0.2, -0.15) is 5.10 Å². The van der Waals surface area contributed by atoms with Crippen LogP contribution < -0.4 is 5.32 Å². The number of aryl methyl sites for hydroxylation is 1. The summed E-state index contributed by atoms with van der Waals surface area (Å²) in [4.78, 5) is 15.3. The van der Waals surface area contributed by atoms with Gasteiger partial charge in [-0.15, -0.1) is 0 Å². The van der Waals surface area contributed by atoms with Gasteiger partial charge < -0.3 is 10.1 Å². The van der Waals surface area contributed by atoms with Gasteiger partial charge in [-0.25, -0.2) is 0 Å². The molecule has 3 rings (SSSR count). The molecule has 0 aromatic carbocycles. The maximum Gasteiger partial charge on any atom is 0.252 e. The third kappa shape index (κ3) is 3.75. The van der Waals surface area contributed by atoms with Crippen molar-refractivity contribution < 1.29 is 9.53 Å². The van der Waals surface area contributed by atoms with Crippen LogP contribution in [0.15, 0.2) is 12.3 Å². The Balaban J connectivity index is 1.68. The molecule has 1 amide bonds. The zero-order valence-electron chi connectivity index (χ0n) is 15.8. The molecule has 0 bridgehead atoms.